The molecular formula is C17H22N4OS. The molecule has 5 nitrogen and oxygen atoms in total. The zero-order valence-corrected chi connectivity index (χ0v) is 14.0. The smallest absolute Gasteiger partial charge is 0.257 e. The predicted octanol–water partition coefficient (Wildman–Crippen LogP) is 3.89. The van der Waals surface area contributed by atoms with Gasteiger partial charge in [0.15, 0.2) is 0 Å². The lowest BCUT2D eigenvalue weighted by atomic mass is 9.85. The number of H-pyrrole nitrogens is 1. The van der Waals surface area contributed by atoms with Gasteiger partial charge in [-0.15, -0.1) is 11.3 Å². The van der Waals surface area contributed by atoms with Gasteiger partial charge in [0.2, 0.25) is 0 Å². The van der Waals surface area contributed by atoms with Gasteiger partial charge in [0.25, 0.3) is 5.91 Å². The molecule has 1 amide bonds. The first-order valence-electron chi connectivity index (χ1n) is 8.58. The molecule has 1 N–H and O–H groups in total. The second kappa shape index (κ2) is 6.43. The van der Waals surface area contributed by atoms with Crippen LogP contribution in [-0.4, -0.2) is 32.5 Å². The Bertz CT molecular complexity index is 660. The number of amides is 1. The third-order valence-electron chi connectivity index (χ3n) is 5.16. The Morgan fingerprint density at radius 3 is 2.87 bits per heavy atom. The van der Waals surface area contributed by atoms with Crippen molar-refractivity contribution in [2.24, 2.45) is 0 Å². The normalized spacial score (nSPS) is 22.6. The van der Waals surface area contributed by atoms with Gasteiger partial charge >= 0.3 is 0 Å². The van der Waals surface area contributed by atoms with E-state index in [1.54, 1.807) is 17.5 Å². The van der Waals surface area contributed by atoms with E-state index in [0.717, 1.165) is 35.7 Å². The molecule has 6 heteroatoms. The van der Waals surface area contributed by atoms with Crippen molar-refractivity contribution in [3.63, 3.8) is 0 Å². The molecule has 2 aliphatic rings. The SMILES string of the molecule is O=C(c1cn[nH]c1C1CCCCC1)N1CCCC1c1nccs1. The molecule has 23 heavy (non-hydrogen) atoms. The van der Waals surface area contributed by atoms with Crippen LogP contribution in [0.15, 0.2) is 17.8 Å². The van der Waals surface area contributed by atoms with Gasteiger partial charge in [-0.3, -0.25) is 9.89 Å². The molecule has 0 spiro atoms. The monoisotopic (exact) mass is 330 g/mol. The fourth-order valence-electron chi connectivity index (χ4n) is 3.99. The minimum atomic E-state index is 0.122. The van der Waals surface area contributed by atoms with Crippen LogP contribution in [0.4, 0.5) is 0 Å². The molecule has 0 radical (unpaired) electrons. The maximum absolute atomic E-state index is 13.1. The van der Waals surface area contributed by atoms with Crippen molar-refractivity contribution in [1.82, 2.24) is 20.1 Å². The minimum absolute atomic E-state index is 0.122. The Labute approximate surface area is 140 Å². The maximum atomic E-state index is 13.1. The first-order chi connectivity index (χ1) is 11.3. The Morgan fingerprint density at radius 1 is 1.22 bits per heavy atom. The number of rotatable bonds is 3. The standard InChI is InChI=1S/C17H22N4OS/c22-17(21-9-4-7-14(21)16-18-8-10-23-16)13-11-19-20-15(13)12-5-2-1-3-6-12/h8,10-12,14H,1-7,9H2,(H,19,20). The first-order valence-corrected chi connectivity index (χ1v) is 9.46. The van der Waals surface area contributed by atoms with Gasteiger partial charge < -0.3 is 4.90 Å². The zero-order chi connectivity index (χ0) is 15.6. The molecule has 2 fully saturated rings. The topological polar surface area (TPSA) is 61.9 Å². The lowest BCUT2D eigenvalue weighted by Gasteiger charge is -2.25. The number of thiazole rings is 1. The number of aromatic amines is 1. The molecule has 0 aromatic carbocycles. The summed E-state index contributed by atoms with van der Waals surface area (Å²) < 4.78 is 0. The summed E-state index contributed by atoms with van der Waals surface area (Å²) >= 11 is 1.64. The van der Waals surface area contributed by atoms with Crippen LogP contribution in [0, 0.1) is 0 Å². The van der Waals surface area contributed by atoms with E-state index in [0.29, 0.717) is 5.92 Å². The summed E-state index contributed by atoms with van der Waals surface area (Å²) in [6, 6.07) is 0.136. The van der Waals surface area contributed by atoms with Crippen LogP contribution in [0.5, 0.6) is 0 Å². The van der Waals surface area contributed by atoms with Crippen LogP contribution in [0.25, 0.3) is 0 Å². The Morgan fingerprint density at radius 2 is 2.09 bits per heavy atom. The van der Waals surface area contributed by atoms with E-state index in [2.05, 4.69) is 15.2 Å². The van der Waals surface area contributed by atoms with Gasteiger partial charge in [0, 0.05) is 24.0 Å². The fourth-order valence-corrected chi connectivity index (χ4v) is 4.77. The van der Waals surface area contributed by atoms with E-state index in [9.17, 15) is 4.79 Å². The van der Waals surface area contributed by atoms with E-state index < -0.39 is 0 Å². The van der Waals surface area contributed by atoms with Gasteiger partial charge in [0.05, 0.1) is 23.5 Å². The summed E-state index contributed by atoms with van der Waals surface area (Å²) in [5.41, 5.74) is 1.83. The third kappa shape index (κ3) is 2.80. The molecule has 1 unspecified atom stereocenters. The Balaban J connectivity index is 1.58. The average molecular weight is 330 g/mol. The number of hydrogen-bond donors (Lipinski definition) is 1. The number of likely N-dealkylation sites (tertiary alicyclic amines) is 1. The molecule has 1 aliphatic carbocycles. The quantitative estimate of drug-likeness (QED) is 0.928. The summed E-state index contributed by atoms with van der Waals surface area (Å²) in [6.45, 7) is 0.818. The number of carbonyl (C=O) groups is 1. The van der Waals surface area contributed by atoms with Crippen LogP contribution in [-0.2, 0) is 0 Å². The largest absolute Gasteiger partial charge is 0.329 e. The van der Waals surface area contributed by atoms with E-state index >= 15 is 0 Å². The Hall–Kier alpha value is -1.69. The van der Waals surface area contributed by atoms with Crippen molar-refractivity contribution in [3.8, 4) is 0 Å². The molecule has 4 rings (SSSR count). The highest BCUT2D eigenvalue weighted by Gasteiger charge is 2.34. The highest BCUT2D eigenvalue weighted by molar-refractivity contribution is 7.09. The number of nitrogens with one attached hydrogen (secondary N) is 1. The molecule has 1 saturated heterocycles. The zero-order valence-electron chi connectivity index (χ0n) is 13.2. The molecule has 122 valence electrons. The second-order valence-corrected chi connectivity index (χ2v) is 7.49. The van der Waals surface area contributed by atoms with Crippen molar-refractivity contribution < 1.29 is 4.79 Å². The van der Waals surface area contributed by atoms with Crippen molar-refractivity contribution in [3.05, 3.63) is 34.0 Å². The molecule has 3 heterocycles. The lowest BCUT2D eigenvalue weighted by molar-refractivity contribution is 0.0733. The molecular weight excluding hydrogens is 308 g/mol. The first kappa shape index (κ1) is 14.9. The fraction of sp³-hybridized carbons (Fsp3) is 0.588. The van der Waals surface area contributed by atoms with Crippen molar-refractivity contribution >= 4 is 17.2 Å². The summed E-state index contributed by atoms with van der Waals surface area (Å²) in [5, 5.41) is 10.4. The summed E-state index contributed by atoms with van der Waals surface area (Å²) in [7, 11) is 0. The summed E-state index contributed by atoms with van der Waals surface area (Å²) in [5.74, 6) is 0.586. The van der Waals surface area contributed by atoms with Gasteiger partial charge in [-0.25, -0.2) is 4.98 Å². The lowest BCUT2D eigenvalue weighted by Crippen LogP contribution is -2.31. The molecule has 2 aromatic rings. The molecule has 2 aromatic heterocycles. The predicted molar refractivity (Wildman–Crippen MR) is 89.5 cm³/mol. The highest BCUT2D eigenvalue weighted by Crippen LogP contribution is 2.37. The van der Waals surface area contributed by atoms with Crippen LogP contribution in [0.3, 0.4) is 0 Å². The van der Waals surface area contributed by atoms with Crippen molar-refractivity contribution in [2.45, 2.75) is 56.9 Å². The van der Waals surface area contributed by atoms with Crippen molar-refractivity contribution in [2.75, 3.05) is 6.54 Å². The number of aromatic nitrogens is 3. The van der Waals surface area contributed by atoms with Gasteiger partial charge in [0.1, 0.15) is 5.01 Å². The van der Waals surface area contributed by atoms with Crippen molar-refractivity contribution in [1.29, 1.82) is 0 Å². The molecule has 0 bridgehead atoms. The van der Waals surface area contributed by atoms with Crippen LogP contribution < -0.4 is 0 Å². The van der Waals surface area contributed by atoms with Gasteiger partial charge in [-0.1, -0.05) is 19.3 Å². The number of carbonyl (C=O) groups excluding carboxylic acids is 1. The van der Waals surface area contributed by atoms with Gasteiger partial charge in [-0.05, 0) is 25.7 Å². The third-order valence-corrected chi connectivity index (χ3v) is 6.04. The maximum Gasteiger partial charge on any atom is 0.257 e. The minimum Gasteiger partial charge on any atom is -0.329 e. The average Bonchev–Trinajstić information content (AvgIpc) is 3.34. The van der Waals surface area contributed by atoms with E-state index in [4.69, 9.17) is 0 Å². The van der Waals surface area contributed by atoms with E-state index in [-0.39, 0.29) is 11.9 Å². The number of hydrogen-bond acceptors (Lipinski definition) is 4. The summed E-state index contributed by atoms with van der Waals surface area (Å²) in [4.78, 5) is 19.5. The van der Waals surface area contributed by atoms with Crippen LogP contribution >= 0.6 is 11.3 Å². The van der Waals surface area contributed by atoms with E-state index in [1.807, 2.05) is 16.5 Å². The number of nitrogens with zero attached hydrogens (tertiary/aromatic N) is 3. The van der Waals surface area contributed by atoms with E-state index in [1.165, 1.54) is 32.1 Å². The second-order valence-electron chi connectivity index (χ2n) is 6.56. The van der Waals surface area contributed by atoms with Gasteiger partial charge in [-0.2, -0.15) is 5.10 Å². The summed E-state index contributed by atoms with van der Waals surface area (Å²) in [6.07, 6.45) is 11.8. The Kier molecular flexibility index (Phi) is 4.16. The van der Waals surface area contributed by atoms with Crippen LogP contribution in [0.1, 0.15) is 78.0 Å². The molecule has 1 aliphatic heterocycles. The van der Waals surface area contributed by atoms with Crippen LogP contribution in [0.2, 0.25) is 0 Å². The highest BCUT2D eigenvalue weighted by atomic mass is 32.1. The molecule has 1 saturated carbocycles. The molecule has 1 atom stereocenters.